The van der Waals surface area contributed by atoms with Gasteiger partial charge in [0.25, 0.3) is 0 Å². The summed E-state index contributed by atoms with van der Waals surface area (Å²) in [5.74, 6) is 0.375. The van der Waals surface area contributed by atoms with Gasteiger partial charge < -0.3 is 25.8 Å². The van der Waals surface area contributed by atoms with E-state index in [0.717, 1.165) is 40.9 Å². The molecule has 0 saturated carbocycles. The lowest BCUT2D eigenvalue weighted by atomic mass is 10.1. The molecule has 4 aromatic rings. The van der Waals surface area contributed by atoms with E-state index < -0.39 is 0 Å². The van der Waals surface area contributed by atoms with E-state index in [2.05, 4.69) is 25.9 Å². The Bertz CT molecular complexity index is 1550. The first-order chi connectivity index (χ1) is 19.3. The number of para-hydroxylation sites is 1. The predicted octanol–water partition coefficient (Wildman–Crippen LogP) is 4.13. The second-order valence-electron chi connectivity index (χ2n) is 9.99. The lowest BCUT2D eigenvalue weighted by Crippen LogP contribution is -2.56. The molecular formula is C30H32N8O2. The number of pyridine rings is 1. The normalized spacial score (nSPS) is 13.4. The van der Waals surface area contributed by atoms with Crippen LogP contribution in [0.15, 0.2) is 79.1 Å². The van der Waals surface area contributed by atoms with Crippen molar-refractivity contribution in [3.8, 4) is 11.3 Å². The van der Waals surface area contributed by atoms with Crippen molar-refractivity contribution in [1.29, 1.82) is 0 Å². The molecule has 0 radical (unpaired) electrons. The van der Waals surface area contributed by atoms with Crippen molar-refractivity contribution in [3.05, 3.63) is 79.1 Å². The van der Waals surface area contributed by atoms with Crippen LogP contribution in [0.3, 0.4) is 0 Å². The van der Waals surface area contributed by atoms with Gasteiger partial charge in [-0.25, -0.2) is 9.97 Å². The Morgan fingerprint density at radius 3 is 2.55 bits per heavy atom. The van der Waals surface area contributed by atoms with Gasteiger partial charge in [-0.1, -0.05) is 24.3 Å². The van der Waals surface area contributed by atoms with Gasteiger partial charge >= 0.3 is 0 Å². The van der Waals surface area contributed by atoms with Crippen molar-refractivity contribution in [1.82, 2.24) is 24.8 Å². The molecule has 1 aliphatic heterocycles. The summed E-state index contributed by atoms with van der Waals surface area (Å²) in [5, 5.41) is 10.5. The second-order valence-corrected chi connectivity index (χ2v) is 9.99. The number of nitrogens with one attached hydrogen (secondary N) is 3. The van der Waals surface area contributed by atoms with E-state index >= 15 is 0 Å². The number of aromatic nitrogens is 3. The molecule has 40 heavy (non-hydrogen) atoms. The summed E-state index contributed by atoms with van der Waals surface area (Å²) >= 11 is 0. The molecule has 0 spiro atoms. The van der Waals surface area contributed by atoms with Gasteiger partial charge in [-0.05, 0) is 50.5 Å². The SMILES string of the molecule is CC(=O)N1CC(Nc2ccc(Nc3ncc4cccc(-c5cc(NC(=O)C=CCN(C)C)ccn5)c4n3)cc2)C1. The highest BCUT2D eigenvalue weighted by Crippen LogP contribution is 2.28. The smallest absolute Gasteiger partial charge is 0.248 e. The monoisotopic (exact) mass is 536 g/mol. The molecule has 0 atom stereocenters. The summed E-state index contributed by atoms with van der Waals surface area (Å²) < 4.78 is 0. The molecule has 10 heteroatoms. The van der Waals surface area contributed by atoms with E-state index in [-0.39, 0.29) is 17.9 Å². The van der Waals surface area contributed by atoms with Crippen molar-refractivity contribution in [2.75, 3.05) is 49.7 Å². The summed E-state index contributed by atoms with van der Waals surface area (Å²) in [6, 6.07) is 17.6. The van der Waals surface area contributed by atoms with Gasteiger partial charge in [0, 0.05) is 73.0 Å². The lowest BCUT2D eigenvalue weighted by Gasteiger charge is -2.39. The van der Waals surface area contributed by atoms with E-state index in [1.807, 2.05) is 78.5 Å². The van der Waals surface area contributed by atoms with Crippen LogP contribution in [-0.4, -0.2) is 76.3 Å². The highest BCUT2D eigenvalue weighted by molar-refractivity contribution is 6.00. The van der Waals surface area contributed by atoms with Crippen molar-refractivity contribution >= 4 is 45.7 Å². The minimum atomic E-state index is -0.197. The molecular weight excluding hydrogens is 504 g/mol. The van der Waals surface area contributed by atoms with Crippen LogP contribution in [0.2, 0.25) is 0 Å². The number of likely N-dealkylation sites (N-methyl/N-ethyl adjacent to an activating group) is 1. The van der Waals surface area contributed by atoms with Crippen molar-refractivity contribution in [2.45, 2.75) is 13.0 Å². The van der Waals surface area contributed by atoms with Crippen LogP contribution in [0, 0.1) is 0 Å². The van der Waals surface area contributed by atoms with Crippen LogP contribution in [0.25, 0.3) is 22.2 Å². The first-order valence-electron chi connectivity index (χ1n) is 13.1. The molecule has 0 bridgehead atoms. The fourth-order valence-electron chi connectivity index (χ4n) is 4.37. The topological polar surface area (TPSA) is 115 Å². The van der Waals surface area contributed by atoms with Crippen LogP contribution in [0.4, 0.5) is 23.0 Å². The maximum absolute atomic E-state index is 12.3. The third-order valence-corrected chi connectivity index (χ3v) is 6.49. The molecule has 2 amide bonds. The summed E-state index contributed by atoms with van der Waals surface area (Å²) in [4.78, 5) is 41.3. The van der Waals surface area contributed by atoms with Gasteiger partial charge in [0.2, 0.25) is 17.8 Å². The molecule has 1 saturated heterocycles. The highest BCUT2D eigenvalue weighted by Gasteiger charge is 2.28. The summed E-state index contributed by atoms with van der Waals surface area (Å²) in [5.41, 5.74) is 4.78. The Hall–Kier alpha value is -4.83. The second kappa shape index (κ2) is 11.9. The van der Waals surface area contributed by atoms with E-state index in [4.69, 9.17) is 4.98 Å². The predicted molar refractivity (Wildman–Crippen MR) is 158 cm³/mol. The molecule has 2 aromatic carbocycles. The lowest BCUT2D eigenvalue weighted by molar-refractivity contribution is -0.132. The zero-order chi connectivity index (χ0) is 28.1. The largest absolute Gasteiger partial charge is 0.379 e. The molecule has 0 unspecified atom stereocenters. The van der Waals surface area contributed by atoms with Crippen molar-refractivity contribution in [2.24, 2.45) is 0 Å². The van der Waals surface area contributed by atoms with Gasteiger partial charge in [-0.3, -0.25) is 14.6 Å². The maximum Gasteiger partial charge on any atom is 0.248 e. The van der Waals surface area contributed by atoms with Gasteiger partial charge in [0.1, 0.15) is 0 Å². The standard InChI is InChI=1S/C30H32N8O2/c1-20(39)38-18-25(19-38)33-22-9-11-23(12-10-22)35-30-32-17-21-6-4-7-26(29(21)36-30)27-16-24(13-14-31-27)34-28(40)8-5-15-37(2)3/h4-14,16-17,25,33H,15,18-19H2,1-3H3,(H,31,34,40)(H,32,35,36). The van der Waals surface area contributed by atoms with Gasteiger partial charge in [0.15, 0.2) is 0 Å². The van der Waals surface area contributed by atoms with Gasteiger partial charge in [-0.2, -0.15) is 0 Å². The van der Waals surface area contributed by atoms with Gasteiger partial charge in [0.05, 0.1) is 17.3 Å². The zero-order valence-corrected chi connectivity index (χ0v) is 22.8. The number of benzene rings is 2. The Labute approximate surface area is 233 Å². The number of carbonyl (C=O) groups excluding carboxylic acids is 2. The number of rotatable bonds is 9. The molecule has 204 valence electrons. The molecule has 1 aliphatic rings. The molecule has 10 nitrogen and oxygen atoms in total. The summed E-state index contributed by atoms with van der Waals surface area (Å²) in [6.07, 6.45) is 6.80. The first kappa shape index (κ1) is 26.8. The third kappa shape index (κ3) is 6.59. The number of fused-ring (bicyclic) bond motifs is 1. The van der Waals surface area contributed by atoms with Crippen LogP contribution < -0.4 is 16.0 Å². The van der Waals surface area contributed by atoms with Crippen LogP contribution in [0.5, 0.6) is 0 Å². The molecule has 1 fully saturated rings. The quantitative estimate of drug-likeness (QED) is 0.274. The molecule has 3 heterocycles. The van der Waals surface area contributed by atoms with E-state index in [9.17, 15) is 9.59 Å². The Morgan fingerprint density at radius 1 is 1.02 bits per heavy atom. The number of hydrogen-bond donors (Lipinski definition) is 3. The van der Waals surface area contributed by atoms with Crippen LogP contribution in [-0.2, 0) is 9.59 Å². The third-order valence-electron chi connectivity index (χ3n) is 6.49. The fraction of sp³-hybridized carbons (Fsp3) is 0.233. The fourth-order valence-corrected chi connectivity index (χ4v) is 4.37. The summed E-state index contributed by atoms with van der Waals surface area (Å²) in [6.45, 7) is 3.72. The Balaban J connectivity index is 1.29. The summed E-state index contributed by atoms with van der Waals surface area (Å²) in [7, 11) is 3.89. The number of likely N-dealkylation sites (tertiary alicyclic amines) is 1. The number of hydrogen-bond acceptors (Lipinski definition) is 8. The van der Waals surface area contributed by atoms with Crippen molar-refractivity contribution < 1.29 is 9.59 Å². The molecule has 2 aromatic heterocycles. The number of anilines is 4. The highest BCUT2D eigenvalue weighted by atomic mass is 16.2. The van der Waals surface area contributed by atoms with Gasteiger partial charge in [-0.15, -0.1) is 0 Å². The minimum absolute atomic E-state index is 0.106. The van der Waals surface area contributed by atoms with Crippen LogP contribution in [0.1, 0.15) is 6.92 Å². The molecule has 3 N–H and O–H groups in total. The Kier molecular flexibility index (Phi) is 7.97. The maximum atomic E-state index is 12.3. The molecule has 5 rings (SSSR count). The Morgan fingerprint density at radius 2 is 1.80 bits per heavy atom. The average Bonchev–Trinajstić information content (AvgIpc) is 2.90. The number of carbonyl (C=O) groups is 2. The minimum Gasteiger partial charge on any atom is -0.379 e. The molecule has 0 aliphatic carbocycles. The van der Waals surface area contributed by atoms with E-state index in [0.29, 0.717) is 23.9 Å². The number of amides is 2. The zero-order valence-electron chi connectivity index (χ0n) is 22.8. The number of nitrogens with zero attached hydrogens (tertiary/aromatic N) is 5. The van der Waals surface area contributed by atoms with E-state index in [1.54, 1.807) is 25.4 Å². The van der Waals surface area contributed by atoms with Crippen LogP contribution >= 0.6 is 0 Å². The van der Waals surface area contributed by atoms with E-state index in [1.165, 1.54) is 6.08 Å². The van der Waals surface area contributed by atoms with Crippen molar-refractivity contribution in [3.63, 3.8) is 0 Å². The average molecular weight is 537 g/mol. The first-order valence-corrected chi connectivity index (χ1v) is 13.1.